The van der Waals surface area contributed by atoms with E-state index in [1.54, 1.807) is 6.21 Å². The molecule has 0 bridgehead atoms. The molecule has 1 aliphatic rings. The van der Waals surface area contributed by atoms with Gasteiger partial charge in [-0.15, -0.1) is 0 Å². The van der Waals surface area contributed by atoms with Crippen molar-refractivity contribution in [3.8, 4) is 0 Å². The van der Waals surface area contributed by atoms with Crippen LogP contribution in [0.4, 0.5) is 0 Å². The lowest BCUT2D eigenvalue weighted by atomic mass is 9.80. The minimum absolute atomic E-state index is 0.0783. The van der Waals surface area contributed by atoms with Crippen LogP contribution in [0.3, 0.4) is 0 Å². The van der Waals surface area contributed by atoms with Gasteiger partial charge in [0.1, 0.15) is 16.7 Å². The minimum Gasteiger partial charge on any atom is -0.456 e. The minimum atomic E-state index is -0.763. The molecule has 3 atom stereocenters. The molecule has 3 unspecified atom stereocenters. The van der Waals surface area contributed by atoms with Crippen LogP contribution < -0.4 is 0 Å². The number of allylic oxidation sites excluding steroid dienone is 1. The first kappa shape index (κ1) is 16.1. The molecule has 1 aliphatic heterocycles. The second-order valence-electron chi connectivity index (χ2n) is 6.80. The number of benzene rings is 2. The van der Waals surface area contributed by atoms with Crippen LogP contribution in [0.15, 0.2) is 64.0 Å². The average molecular weight is 335 g/mol. The van der Waals surface area contributed by atoms with Gasteiger partial charge in [0.2, 0.25) is 0 Å². The van der Waals surface area contributed by atoms with E-state index in [4.69, 9.17) is 4.42 Å². The van der Waals surface area contributed by atoms with E-state index in [-0.39, 0.29) is 12.5 Å². The molecule has 3 aromatic rings. The molecule has 0 aliphatic carbocycles. The molecule has 0 amide bonds. The highest BCUT2D eigenvalue weighted by Gasteiger charge is 2.40. The lowest BCUT2D eigenvalue weighted by Crippen LogP contribution is -2.44. The summed E-state index contributed by atoms with van der Waals surface area (Å²) in [6.45, 7) is 1.76. The van der Waals surface area contributed by atoms with Gasteiger partial charge in [0.25, 0.3) is 0 Å². The first-order valence-corrected chi connectivity index (χ1v) is 8.56. The fourth-order valence-corrected chi connectivity index (χ4v) is 3.71. The van der Waals surface area contributed by atoms with Crippen molar-refractivity contribution >= 4 is 28.2 Å². The summed E-state index contributed by atoms with van der Waals surface area (Å²) in [6, 6.07) is 14.0. The molecule has 2 aromatic carbocycles. The summed E-state index contributed by atoms with van der Waals surface area (Å²) in [6.07, 6.45) is 5.31. The van der Waals surface area contributed by atoms with Crippen molar-refractivity contribution < 1.29 is 14.6 Å². The Labute approximate surface area is 146 Å². The fourth-order valence-electron chi connectivity index (χ4n) is 3.71. The quantitative estimate of drug-likeness (QED) is 0.750. The Balaban J connectivity index is 1.84. The van der Waals surface area contributed by atoms with Crippen LogP contribution in [-0.2, 0) is 6.42 Å². The average Bonchev–Trinajstić information content (AvgIpc) is 3.26. The summed E-state index contributed by atoms with van der Waals surface area (Å²) in [4.78, 5) is 4.57. The Hall–Kier alpha value is -2.43. The summed E-state index contributed by atoms with van der Waals surface area (Å²) in [5, 5.41) is 22.4. The predicted molar refractivity (Wildman–Crippen MR) is 100 cm³/mol. The zero-order valence-electron chi connectivity index (χ0n) is 14.1. The monoisotopic (exact) mass is 335 g/mol. The highest BCUT2D eigenvalue weighted by molar-refractivity contribution is 6.06. The van der Waals surface area contributed by atoms with Crippen LogP contribution in [0.2, 0.25) is 0 Å². The molecule has 2 heterocycles. The Morgan fingerprint density at radius 1 is 1.12 bits per heavy atom. The highest BCUT2D eigenvalue weighted by Crippen LogP contribution is 2.36. The van der Waals surface area contributed by atoms with Gasteiger partial charge in [-0.3, -0.25) is 4.99 Å². The molecule has 0 saturated carbocycles. The van der Waals surface area contributed by atoms with Gasteiger partial charge in [0.15, 0.2) is 0 Å². The van der Waals surface area contributed by atoms with Crippen LogP contribution >= 0.6 is 0 Å². The second kappa shape index (κ2) is 6.14. The van der Waals surface area contributed by atoms with Crippen molar-refractivity contribution in [3.05, 3.63) is 60.2 Å². The zero-order chi connectivity index (χ0) is 17.4. The summed E-state index contributed by atoms with van der Waals surface area (Å²) in [7, 11) is 0. The zero-order valence-corrected chi connectivity index (χ0v) is 14.1. The lowest BCUT2D eigenvalue weighted by Gasteiger charge is -2.33. The number of aliphatic imine (C=N–C) groups is 1. The van der Waals surface area contributed by atoms with E-state index in [0.717, 1.165) is 27.5 Å². The van der Waals surface area contributed by atoms with Gasteiger partial charge in [0, 0.05) is 35.9 Å². The van der Waals surface area contributed by atoms with Gasteiger partial charge in [-0.2, -0.15) is 0 Å². The summed E-state index contributed by atoms with van der Waals surface area (Å²) in [5.74, 6) is -0.264. The Morgan fingerprint density at radius 3 is 2.68 bits per heavy atom. The molecule has 4 rings (SSSR count). The maximum absolute atomic E-state index is 10.8. The third kappa shape index (κ3) is 2.58. The largest absolute Gasteiger partial charge is 0.456 e. The first-order chi connectivity index (χ1) is 12.1. The molecule has 25 heavy (non-hydrogen) atoms. The van der Waals surface area contributed by atoms with Crippen LogP contribution in [0.5, 0.6) is 0 Å². The van der Waals surface area contributed by atoms with E-state index in [0.29, 0.717) is 6.42 Å². The smallest absolute Gasteiger partial charge is 0.135 e. The molecule has 4 heteroatoms. The molecular weight excluding hydrogens is 314 g/mol. The number of aliphatic hydroxyl groups excluding tert-OH is 2. The maximum atomic E-state index is 10.8. The number of hydrogen-bond acceptors (Lipinski definition) is 4. The number of hydrogen-bond donors (Lipinski definition) is 2. The highest BCUT2D eigenvalue weighted by atomic mass is 16.3. The van der Waals surface area contributed by atoms with Crippen molar-refractivity contribution in [1.29, 1.82) is 0 Å². The number of rotatable bonds is 5. The molecule has 0 radical (unpaired) electrons. The van der Waals surface area contributed by atoms with Crippen LogP contribution in [0, 0.1) is 5.92 Å². The SMILES string of the molecule is CC(CO)C(O)C1(Cc2cccc3oc4ccccc4c23)C=CC=N1. The van der Waals surface area contributed by atoms with Gasteiger partial charge in [-0.05, 0) is 23.8 Å². The van der Waals surface area contributed by atoms with Crippen molar-refractivity contribution in [2.75, 3.05) is 6.61 Å². The van der Waals surface area contributed by atoms with E-state index in [2.05, 4.69) is 17.1 Å². The van der Waals surface area contributed by atoms with Crippen LogP contribution in [0.25, 0.3) is 21.9 Å². The van der Waals surface area contributed by atoms with Gasteiger partial charge in [0.05, 0.1) is 6.10 Å². The number of aliphatic hydroxyl groups is 2. The van der Waals surface area contributed by atoms with E-state index in [9.17, 15) is 10.2 Å². The van der Waals surface area contributed by atoms with Gasteiger partial charge in [-0.1, -0.05) is 43.3 Å². The summed E-state index contributed by atoms with van der Waals surface area (Å²) < 4.78 is 5.96. The molecule has 0 saturated heterocycles. The molecule has 4 nitrogen and oxygen atoms in total. The normalized spacial score (nSPS) is 22.0. The summed E-state index contributed by atoms with van der Waals surface area (Å²) >= 11 is 0. The van der Waals surface area contributed by atoms with E-state index in [1.807, 2.05) is 49.4 Å². The lowest BCUT2D eigenvalue weighted by molar-refractivity contribution is 0.0344. The second-order valence-corrected chi connectivity index (χ2v) is 6.80. The van der Waals surface area contributed by atoms with E-state index in [1.165, 1.54) is 0 Å². The van der Waals surface area contributed by atoms with E-state index < -0.39 is 11.6 Å². The standard InChI is InChI=1S/C21H21NO3/c1-14(13-23)20(24)21(10-5-11-22-21)12-15-6-4-9-18-19(15)16-7-2-3-8-17(16)25-18/h2-11,14,20,23-24H,12-13H2,1H3. The molecule has 0 spiro atoms. The van der Waals surface area contributed by atoms with Gasteiger partial charge < -0.3 is 14.6 Å². The molecule has 0 fully saturated rings. The van der Waals surface area contributed by atoms with Crippen molar-refractivity contribution in [1.82, 2.24) is 0 Å². The molecular formula is C21H21NO3. The maximum Gasteiger partial charge on any atom is 0.135 e. The van der Waals surface area contributed by atoms with Crippen molar-refractivity contribution in [3.63, 3.8) is 0 Å². The third-order valence-corrected chi connectivity index (χ3v) is 5.09. The molecule has 1 aromatic heterocycles. The number of nitrogens with zero attached hydrogens (tertiary/aromatic N) is 1. The number of para-hydroxylation sites is 1. The Morgan fingerprint density at radius 2 is 1.92 bits per heavy atom. The summed E-state index contributed by atoms with van der Waals surface area (Å²) in [5.41, 5.74) is 2.02. The van der Waals surface area contributed by atoms with Crippen molar-refractivity contribution in [2.45, 2.75) is 25.0 Å². The Bertz CT molecular complexity index is 958. The van der Waals surface area contributed by atoms with Crippen molar-refractivity contribution in [2.24, 2.45) is 10.9 Å². The van der Waals surface area contributed by atoms with Gasteiger partial charge >= 0.3 is 0 Å². The van der Waals surface area contributed by atoms with E-state index >= 15 is 0 Å². The van der Waals surface area contributed by atoms with Gasteiger partial charge in [-0.25, -0.2) is 0 Å². The fraction of sp³-hybridized carbons (Fsp3) is 0.286. The third-order valence-electron chi connectivity index (χ3n) is 5.09. The van der Waals surface area contributed by atoms with Crippen LogP contribution in [0.1, 0.15) is 12.5 Å². The Kier molecular flexibility index (Phi) is 3.94. The molecule has 128 valence electrons. The first-order valence-electron chi connectivity index (χ1n) is 8.56. The van der Waals surface area contributed by atoms with Crippen LogP contribution in [-0.4, -0.2) is 34.7 Å². The number of furan rings is 1. The predicted octanol–water partition coefficient (Wildman–Crippen LogP) is 3.50. The topological polar surface area (TPSA) is 66.0 Å². The number of fused-ring (bicyclic) bond motifs is 3. The molecule has 2 N–H and O–H groups in total.